The highest BCUT2D eigenvalue weighted by Crippen LogP contribution is 2.24. The minimum atomic E-state index is 0.305. The predicted molar refractivity (Wildman–Crippen MR) is 108 cm³/mol. The maximum atomic E-state index is 6.61. The molecule has 0 aliphatic heterocycles. The number of hydrogen-bond donors (Lipinski definition) is 1. The molecule has 0 saturated carbocycles. The maximum absolute atomic E-state index is 6.61. The van der Waals surface area contributed by atoms with E-state index in [1.54, 1.807) is 4.68 Å². The molecule has 0 aliphatic rings. The molecule has 1 N–H and O–H groups in total. The topological polar surface area (TPSA) is 33.1 Å². The molecule has 0 radical (unpaired) electrons. The molecular formula is C21H25ClN4. The van der Waals surface area contributed by atoms with Crippen molar-refractivity contribution in [1.29, 1.82) is 0 Å². The van der Waals surface area contributed by atoms with Crippen LogP contribution in [0.1, 0.15) is 22.9 Å². The number of hydrogen-bond acceptors (Lipinski definition) is 3. The molecule has 1 atom stereocenters. The van der Waals surface area contributed by atoms with E-state index >= 15 is 0 Å². The van der Waals surface area contributed by atoms with Gasteiger partial charge in [-0.05, 0) is 38.7 Å². The lowest BCUT2D eigenvalue weighted by Gasteiger charge is -2.25. The molecule has 0 spiro atoms. The molecule has 136 valence electrons. The first-order valence-electron chi connectivity index (χ1n) is 8.79. The molecule has 0 unspecified atom stereocenters. The van der Waals surface area contributed by atoms with Gasteiger partial charge in [-0.3, -0.25) is 0 Å². The molecule has 0 saturated heterocycles. The Labute approximate surface area is 160 Å². The van der Waals surface area contributed by atoms with E-state index in [9.17, 15) is 0 Å². The van der Waals surface area contributed by atoms with Crippen LogP contribution < -0.4 is 5.32 Å². The lowest BCUT2D eigenvalue weighted by atomic mass is 10.1. The zero-order chi connectivity index (χ0) is 18.5. The number of halogens is 1. The summed E-state index contributed by atoms with van der Waals surface area (Å²) in [5.41, 5.74) is 4.27. The van der Waals surface area contributed by atoms with Crippen LogP contribution in [0.15, 0.2) is 60.7 Å². The van der Waals surface area contributed by atoms with E-state index in [2.05, 4.69) is 53.7 Å². The molecule has 3 rings (SSSR count). The number of para-hydroxylation sites is 1. The first-order chi connectivity index (χ1) is 12.6. The van der Waals surface area contributed by atoms with Crippen molar-refractivity contribution in [2.75, 3.05) is 20.6 Å². The maximum Gasteiger partial charge on any atom is 0.137 e. The number of rotatable bonds is 7. The molecule has 1 heterocycles. The van der Waals surface area contributed by atoms with E-state index in [4.69, 9.17) is 11.6 Å². The number of aryl methyl sites for hydroxylation is 1. The zero-order valence-corrected chi connectivity index (χ0v) is 16.2. The molecule has 0 amide bonds. The normalized spacial score (nSPS) is 12.5. The van der Waals surface area contributed by atoms with E-state index in [0.717, 1.165) is 23.5 Å². The van der Waals surface area contributed by atoms with Gasteiger partial charge < -0.3 is 10.2 Å². The summed E-state index contributed by atoms with van der Waals surface area (Å²) in [4.78, 5) is 2.23. The lowest BCUT2D eigenvalue weighted by molar-refractivity contribution is 0.288. The minimum absolute atomic E-state index is 0.305. The van der Waals surface area contributed by atoms with Crippen molar-refractivity contribution in [2.24, 2.45) is 0 Å². The third kappa shape index (κ3) is 4.15. The van der Waals surface area contributed by atoms with Crippen molar-refractivity contribution < 1.29 is 0 Å². The predicted octanol–water partition coefficient (Wildman–Crippen LogP) is 4.23. The van der Waals surface area contributed by atoms with Crippen molar-refractivity contribution >= 4 is 11.6 Å². The molecule has 4 nitrogen and oxygen atoms in total. The summed E-state index contributed by atoms with van der Waals surface area (Å²) in [6, 6.07) is 20.8. The number of nitrogens with zero attached hydrogens (tertiary/aromatic N) is 3. The Morgan fingerprint density at radius 1 is 1.04 bits per heavy atom. The Kier molecular flexibility index (Phi) is 6.09. The molecule has 1 aromatic heterocycles. The van der Waals surface area contributed by atoms with Gasteiger partial charge in [-0.15, -0.1) is 0 Å². The van der Waals surface area contributed by atoms with E-state index in [-0.39, 0.29) is 0 Å². The number of aromatic nitrogens is 2. The van der Waals surface area contributed by atoms with Crippen LogP contribution in [0.5, 0.6) is 0 Å². The van der Waals surface area contributed by atoms with Crippen LogP contribution in [0.4, 0.5) is 0 Å². The number of likely N-dealkylation sites (N-methyl/N-ethyl adjacent to an activating group) is 1. The summed E-state index contributed by atoms with van der Waals surface area (Å²) in [6.45, 7) is 3.53. The van der Waals surface area contributed by atoms with Crippen molar-refractivity contribution in [3.63, 3.8) is 0 Å². The van der Waals surface area contributed by atoms with E-state index in [0.29, 0.717) is 17.7 Å². The van der Waals surface area contributed by atoms with Gasteiger partial charge in [0.05, 0.1) is 11.4 Å². The third-order valence-corrected chi connectivity index (χ3v) is 4.96. The van der Waals surface area contributed by atoms with Crippen LogP contribution in [-0.2, 0) is 6.54 Å². The fourth-order valence-electron chi connectivity index (χ4n) is 3.08. The van der Waals surface area contributed by atoms with Crippen LogP contribution >= 0.6 is 11.6 Å². The van der Waals surface area contributed by atoms with Crippen LogP contribution in [0.3, 0.4) is 0 Å². The average molecular weight is 369 g/mol. The highest BCUT2D eigenvalue weighted by molar-refractivity contribution is 6.30. The zero-order valence-electron chi connectivity index (χ0n) is 15.5. The van der Waals surface area contributed by atoms with Gasteiger partial charge in [0.1, 0.15) is 5.15 Å². The Hall–Kier alpha value is -2.14. The second-order valence-corrected chi connectivity index (χ2v) is 6.98. The number of nitrogens with one attached hydrogen (secondary N) is 1. The van der Waals surface area contributed by atoms with Crippen LogP contribution in [-0.4, -0.2) is 35.3 Å². The van der Waals surface area contributed by atoms with Gasteiger partial charge in [0, 0.05) is 24.7 Å². The highest BCUT2D eigenvalue weighted by atomic mass is 35.5. The van der Waals surface area contributed by atoms with Crippen molar-refractivity contribution in [3.05, 3.63) is 82.6 Å². The fraction of sp³-hybridized carbons (Fsp3) is 0.286. The molecular weight excluding hydrogens is 344 g/mol. The summed E-state index contributed by atoms with van der Waals surface area (Å²) >= 11 is 6.61. The van der Waals surface area contributed by atoms with Crippen molar-refractivity contribution in [3.8, 4) is 5.69 Å². The molecule has 2 aromatic carbocycles. The summed E-state index contributed by atoms with van der Waals surface area (Å²) in [5.74, 6) is 0. The monoisotopic (exact) mass is 368 g/mol. The van der Waals surface area contributed by atoms with Gasteiger partial charge in [0.2, 0.25) is 0 Å². The Morgan fingerprint density at radius 2 is 1.65 bits per heavy atom. The SMILES string of the molecule is Cc1nn(-c2ccccc2)c(Cl)c1CNC[C@@H](c1ccccc1)N(C)C. The van der Waals surface area contributed by atoms with Crippen LogP contribution in [0, 0.1) is 6.92 Å². The standard InChI is InChI=1S/C21H25ClN4/c1-16-19(21(22)26(24-16)18-12-8-5-9-13-18)14-23-15-20(25(2)3)17-10-6-4-7-11-17/h4-13,20,23H,14-15H2,1-3H3/t20-/m0/s1. The summed E-state index contributed by atoms with van der Waals surface area (Å²) in [5, 5.41) is 8.82. The summed E-state index contributed by atoms with van der Waals surface area (Å²) in [7, 11) is 4.20. The molecule has 0 fully saturated rings. The highest BCUT2D eigenvalue weighted by Gasteiger charge is 2.17. The second-order valence-electron chi connectivity index (χ2n) is 6.62. The minimum Gasteiger partial charge on any atom is -0.311 e. The third-order valence-electron chi connectivity index (χ3n) is 4.57. The van der Waals surface area contributed by atoms with E-state index in [1.165, 1.54) is 5.56 Å². The van der Waals surface area contributed by atoms with Gasteiger partial charge in [-0.2, -0.15) is 5.10 Å². The van der Waals surface area contributed by atoms with Gasteiger partial charge in [-0.25, -0.2) is 4.68 Å². The van der Waals surface area contributed by atoms with E-state index in [1.807, 2.05) is 43.3 Å². The van der Waals surface area contributed by atoms with Crippen molar-refractivity contribution in [2.45, 2.75) is 19.5 Å². The number of benzene rings is 2. The average Bonchev–Trinajstić information content (AvgIpc) is 2.94. The first-order valence-corrected chi connectivity index (χ1v) is 9.17. The second kappa shape index (κ2) is 8.49. The van der Waals surface area contributed by atoms with Crippen LogP contribution in [0.25, 0.3) is 5.69 Å². The molecule has 26 heavy (non-hydrogen) atoms. The smallest absolute Gasteiger partial charge is 0.137 e. The van der Waals surface area contributed by atoms with E-state index < -0.39 is 0 Å². The van der Waals surface area contributed by atoms with Gasteiger partial charge in [0.25, 0.3) is 0 Å². The fourth-order valence-corrected chi connectivity index (χ4v) is 3.42. The molecule has 0 bridgehead atoms. The van der Waals surface area contributed by atoms with Crippen molar-refractivity contribution in [1.82, 2.24) is 20.0 Å². The molecule has 3 aromatic rings. The summed E-state index contributed by atoms with van der Waals surface area (Å²) < 4.78 is 1.80. The molecule has 5 heteroatoms. The van der Waals surface area contributed by atoms with Gasteiger partial charge in [0.15, 0.2) is 0 Å². The van der Waals surface area contributed by atoms with Crippen LogP contribution in [0.2, 0.25) is 5.15 Å². The largest absolute Gasteiger partial charge is 0.311 e. The quantitative estimate of drug-likeness (QED) is 0.677. The van der Waals surface area contributed by atoms with Gasteiger partial charge >= 0.3 is 0 Å². The molecule has 0 aliphatic carbocycles. The Morgan fingerprint density at radius 3 is 2.27 bits per heavy atom. The Balaban J connectivity index is 1.71. The lowest BCUT2D eigenvalue weighted by Crippen LogP contribution is -2.30. The Bertz CT molecular complexity index is 828. The first kappa shape index (κ1) is 18.6. The summed E-state index contributed by atoms with van der Waals surface area (Å²) in [6.07, 6.45) is 0. The van der Waals surface area contributed by atoms with Gasteiger partial charge in [-0.1, -0.05) is 60.1 Å².